The Balaban J connectivity index is 0.000000190. The van der Waals surface area contributed by atoms with Gasteiger partial charge in [0, 0.05) is 60.9 Å². The van der Waals surface area contributed by atoms with E-state index in [0.29, 0.717) is 23.8 Å². The van der Waals surface area contributed by atoms with E-state index >= 15 is 0 Å². The molecule has 0 saturated heterocycles. The van der Waals surface area contributed by atoms with Gasteiger partial charge in [0.1, 0.15) is 17.2 Å². The molecule has 15 nitrogen and oxygen atoms in total. The fraction of sp³-hybridized carbons (Fsp3) is 0.310. The number of carboxylic acids is 1. The van der Waals surface area contributed by atoms with Crippen LogP contribution >= 0.6 is 0 Å². The highest BCUT2D eigenvalue weighted by molar-refractivity contribution is 5.88. The number of hydrogen-bond donors (Lipinski definition) is 2. The monoisotopic (exact) mass is 782 g/mol. The standard InChI is InChI=1S/C15H18N2O3.C14H16N2O3.C13H16N2O3/c1-3-16-8-10-17-9-7-12-13(17)5-4-6-14(12)20-11-15(18)19-2;1-2-15-7-9-16-8-6-11-12(16)4-3-5-13(11)19-10-14(17)18;1-17-13(16)9-18-12-4-2-3-11-10(12)5-7-15(11)8-6-14/h3-7,9H,8,10-11H2,1-2H3;2-6,8H,7,9-10H2,1H3,(H,17,18);2-5,7H,6,8-9,14H2,1H3. The van der Waals surface area contributed by atoms with Crippen molar-refractivity contribution in [2.75, 3.05) is 53.7 Å². The van der Waals surface area contributed by atoms with Crippen molar-refractivity contribution in [1.82, 2.24) is 13.7 Å². The molecule has 0 saturated carbocycles. The molecule has 3 heterocycles. The Labute approximate surface area is 330 Å². The molecular weight excluding hydrogens is 732 g/mol. The number of carbonyl (C=O) groups excluding carboxylic acids is 2. The molecule has 0 unspecified atom stereocenters. The van der Waals surface area contributed by atoms with Gasteiger partial charge in [-0.05, 0) is 80.9 Å². The quantitative estimate of drug-likeness (QED) is 0.0869. The van der Waals surface area contributed by atoms with Crippen molar-refractivity contribution in [1.29, 1.82) is 0 Å². The molecule has 302 valence electrons. The Morgan fingerprint density at radius 2 is 0.965 bits per heavy atom. The number of hydrogen-bond acceptors (Lipinski definition) is 11. The van der Waals surface area contributed by atoms with Gasteiger partial charge in [-0.1, -0.05) is 18.2 Å². The van der Waals surface area contributed by atoms with E-state index in [-0.39, 0.29) is 19.8 Å². The fourth-order valence-electron chi connectivity index (χ4n) is 5.81. The highest BCUT2D eigenvalue weighted by Crippen LogP contribution is 2.28. The fourth-order valence-corrected chi connectivity index (χ4v) is 5.81. The molecule has 0 aliphatic carbocycles. The van der Waals surface area contributed by atoms with Gasteiger partial charge in [-0.25, -0.2) is 14.4 Å². The number of nitrogens with zero attached hydrogens (tertiary/aromatic N) is 5. The van der Waals surface area contributed by atoms with Crippen LogP contribution in [0.3, 0.4) is 0 Å². The van der Waals surface area contributed by atoms with Gasteiger partial charge in [-0.3, -0.25) is 9.98 Å². The lowest BCUT2D eigenvalue weighted by molar-refractivity contribution is -0.143. The lowest BCUT2D eigenvalue weighted by Gasteiger charge is -2.07. The summed E-state index contributed by atoms with van der Waals surface area (Å²) in [5, 5.41) is 11.5. The molecule has 0 radical (unpaired) electrons. The van der Waals surface area contributed by atoms with Crippen LogP contribution in [0.4, 0.5) is 0 Å². The summed E-state index contributed by atoms with van der Waals surface area (Å²) in [4.78, 5) is 41.1. The number of ether oxygens (including phenoxy) is 5. The van der Waals surface area contributed by atoms with E-state index in [4.69, 9.17) is 25.1 Å². The molecule has 0 atom stereocenters. The first-order valence-corrected chi connectivity index (χ1v) is 18.3. The number of fused-ring (bicyclic) bond motifs is 3. The summed E-state index contributed by atoms with van der Waals surface area (Å²) in [6, 6.07) is 23.0. The minimum absolute atomic E-state index is 0.0824. The second-order valence-corrected chi connectivity index (χ2v) is 12.1. The van der Waals surface area contributed by atoms with Gasteiger partial charge in [0.2, 0.25) is 0 Å². The normalized spacial score (nSPS) is 11.0. The lowest BCUT2D eigenvalue weighted by atomic mass is 10.2. The van der Waals surface area contributed by atoms with Crippen molar-refractivity contribution >= 4 is 63.0 Å². The summed E-state index contributed by atoms with van der Waals surface area (Å²) in [7, 11) is 2.68. The molecule has 0 fully saturated rings. The second kappa shape index (κ2) is 22.7. The van der Waals surface area contributed by atoms with Crippen molar-refractivity contribution in [2.24, 2.45) is 15.7 Å². The Morgan fingerprint density at radius 1 is 0.596 bits per heavy atom. The van der Waals surface area contributed by atoms with Crippen molar-refractivity contribution in [3.8, 4) is 17.2 Å². The number of nitrogens with two attached hydrogens (primary N) is 1. The SMILES string of the molecule is CC=NCCn1ccc2c(OCC(=O)O)cccc21.CC=NCCn1ccc2c(OCC(=O)OC)cccc21.COC(=O)COc1cccc2c1ccn2CCN. The predicted molar refractivity (Wildman–Crippen MR) is 221 cm³/mol. The third-order valence-corrected chi connectivity index (χ3v) is 8.49. The number of carboxylic acid groups (broad SMARTS) is 1. The Bertz CT molecular complexity index is 2270. The molecule has 3 aromatic carbocycles. The van der Waals surface area contributed by atoms with E-state index in [0.717, 1.165) is 65.4 Å². The van der Waals surface area contributed by atoms with E-state index in [1.165, 1.54) is 14.2 Å². The van der Waals surface area contributed by atoms with Crippen LogP contribution in [0.2, 0.25) is 0 Å². The minimum Gasteiger partial charge on any atom is -0.481 e. The van der Waals surface area contributed by atoms with Crippen molar-refractivity contribution in [3.05, 3.63) is 91.4 Å². The maximum Gasteiger partial charge on any atom is 0.343 e. The van der Waals surface area contributed by atoms with Gasteiger partial charge in [0.15, 0.2) is 19.8 Å². The predicted octanol–water partition coefficient (Wildman–Crippen LogP) is 5.63. The lowest BCUT2D eigenvalue weighted by Crippen LogP contribution is -2.12. The zero-order chi connectivity index (χ0) is 41.0. The minimum atomic E-state index is -0.978. The average molecular weight is 783 g/mol. The number of carbonyl (C=O) groups is 3. The Hall–Kier alpha value is -6.61. The first-order chi connectivity index (χ1) is 27.7. The molecule has 3 N–H and O–H groups in total. The van der Waals surface area contributed by atoms with E-state index < -0.39 is 17.9 Å². The number of aliphatic imine (C=N–C) groups is 2. The Kier molecular flexibility index (Phi) is 17.2. The van der Waals surface area contributed by atoms with Crippen LogP contribution in [0.1, 0.15) is 13.8 Å². The van der Waals surface area contributed by atoms with E-state index in [9.17, 15) is 14.4 Å². The smallest absolute Gasteiger partial charge is 0.343 e. The third-order valence-electron chi connectivity index (χ3n) is 8.49. The van der Waals surface area contributed by atoms with Crippen LogP contribution in [-0.4, -0.2) is 103 Å². The molecular formula is C42H50N6O9. The zero-order valence-electron chi connectivity index (χ0n) is 32.7. The molecule has 0 spiro atoms. The van der Waals surface area contributed by atoms with E-state index in [1.54, 1.807) is 18.5 Å². The van der Waals surface area contributed by atoms with Crippen LogP contribution in [0.5, 0.6) is 17.2 Å². The van der Waals surface area contributed by atoms with Gasteiger partial charge < -0.3 is 48.2 Å². The molecule has 15 heteroatoms. The van der Waals surface area contributed by atoms with Crippen LogP contribution in [0.25, 0.3) is 32.7 Å². The Morgan fingerprint density at radius 3 is 1.30 bits per heavy atom. The summed E-state index contributed by atoms with van der Waals surface area (Å²) >= 11 is 0. The average Bonchev–Trinajstić information content (AvgIpc) is 3.97. The van der Waals surface area contributed by atoms with Gasteiger partial charge in [-0.2, -0.15) is 0 Å². The van der Waals surface area contributed by atoms with Crippen molar-refractivity contribution in [2.45, 2.75) is 33.5 Å². The van der Waals surface area contributed by atoms with Gasteiger partial charge in [0.05, 0.1) is 43.9 Å². The number of rotatable bonds is 17. The zero-order valence-corrected chi connectivity index (χ0v) is 32.7. The molecule has 57 heavy (non-hydrogen) atoms. The largest absolute Gasteiger partial charge is 0.481 e. The first kappa shape index (κ1) is 43.1. The van der Waals surface area contributed by atoms with Crippen LogP contribution < -0.4 is 19.9 Å². The third kappa shape index (κ3) is 12.4. The van der Waals surface area contributed by atoms with E-state index in [2.05, 4.69) is 33.2 Å². The maximum absolute atomic E-state index is 11.1. The summed E-state index contributed by atoms with van der Waals surface area (Å²) in [6.45, 7) is 7.71. The second-order valence-electron chi connectivity index (χ2n) is 12.1. The van der Waals surface area contributed by atoms with Crippen molar-refractivity contribution < 1.29 is 43.2 Å². The summed E-state index contributed by atoms with van der Waals surface area (Å²) < 4.78 is 31.6. The molecule has 3 aromatic heterocycles. The summed E-state index contributed by atoms with van der Waals surface area (Å²) in [5.41, 5.74) is 8.69. The molecule has 0 aliphatic rings. The number of benzene rings is 3. The molecule has 0 amide bonds. The summed E-state index contributed by atoms with van der Waals surface area (Å²) in [5.74, 6) is 0.192. The summed E-state index contributed by atoms with van der Waals surface area (Å²) in [6.07, 6.45) is 9.51. The van der Waals surface area contributed by atoms with Gasteiger partial charge in [-0.15, -0.1) is 0 Å². The maximum atomic E-state index is 11.1. The molecule has 0 aliphatic heterocycles. The van der Waals surface area contributed by atoms with Gasteiger partial charge >= 0.3 is 17.9 Å². The highest BCUT2D eigenvalue weighted by Gasteiger charge is 2.11. The van der Waals surface area contributed by atoms with Crippen molar-refractivity contribution in [3.63, 3.8) is 0 Å². The molecule has 6 aromatic rings. The van der Waals surface area contributed by atoms with Crippen LogP contribution in [0.15, 0.2) is 101 Å². The van der Waals surface area contributed by atoms with Crippen LogP contribution in [0, 0.1) is 0 Å². The number of esters is 2. The topological polar surface area (TPSA) is 183 Å². The number of aliphatic carboxylic acids is 1. The highest BCUT2D eigenvalue weighted by atomic mass is 16.6. The number of methoxy groups -OCH3 is 2. The molecule has 6 rings (SSSR count). The number of aromatic nitrogens is 3. The molecule has 0 bridgehead atoms. The van der Waals surface area contributed by atoms with Crippen LogP contribution in [-0.2, 0) is 43.5 Å². The van der Waals surface area contributed by atoms with E-state index in [1.807, 2.05) is 99.2 Å². The van der Waals surface area contributed by atoms with Gasteiger partial charge in [0.25, 0.3) is 0 Å². The first-order valence-electron chi connectivity index (χ1n) is 18.3.